The van der Waals surface area contributed by atoms with Crippen molar-refractivity contribution in [2.24, 2.45) is 0 Å². The van der Waals surface area contributed by atoms with Crippen LogP contribution in [0.15, 0.2) is 24.5 Å². The Morgan fingerprint density at radius 3 is 3.05 bits per heavy atom. The number of aromatic amines is 1. The zero-order chi connectivity index (χ0) is 13.5. The highest BCUT2D eigenvalue weighted by Gasteiger charge is 2.14. The van der Waals surface area contributed by atoms with E-state index in [0.717, 1.165) is 11.4 Å². The molecule has 8 heteroatoms. The van der Waals surface area contributed by atoms with Crippen molar-refractivity contribution >= 4 is 34.3 Å². The van der Waals surface area contributed by atoms with E-state index in [1.54, 1.807) is 6.33 Å². The summed E-state index contributed by atoms with van der Waals surface area (Å²) < 4.78 is 10.6. The van der Waals surface area contributed by atoms with Gasteiger partial charge in [0.1, 0.15) is 5.52 Å². The van der Waals surface area contributed by atoms with Gasteiger partial charge >= 0.3 is 0 Å². The zero-order valence-electron chi connectivity index (χ0n) is 10.1. The Labute approximate surface area is 117 Å². The minimum Gasteiger partial charge on any atom is -0.454 e. The topological polar surface area (TPSA) is 85.0 Å². The summed E-state index contributed by atoms with van der Waals surface area (Å²) in [6.07, 6.45) is 1.54. The fraction of sp³-hybridized carbons (Fsp3) is 0.0833. The average molecular weight is 290 g/mol. The molecule has 0 saturated carbocycles. The first-order chi connectivity index (χ1) is 9.79. The summed E-state index contributed by atoms with van der Waals surface area (Å²) in [5, 5.41) is 3.29. The van der Waals surface area contributed by atoms with Crippen LogP contribution in [0.5, 0.6) is 11.5 Å². The van der Waals surface area contributed by atoms with Crippen molar-refractivity contribution < 1.29 is 9.47 Å². The van der Waals surface area contributed by atoms with Gasteiger partial charge in [-0.25, -0.2) is 4.98 Å². The van der Waals surface area contributed by atoms with E-state index < -0.39 is 0 Å². The van der Waals surface area contributed by atoms with Crippen LogP contribution >= 0.6 is 11.6 Å². The highest BCUT2D eigenvalue weighted by atomic mass is 35.5. The Kier molecular flexibility index (Phi) is 2.40. The molecule has 0 radical (unpaired) electrons. The number of halogens is 1. The molecule has 7 nitrogen and oxygen atoms in total. The lowest BCUT2D eigenvalue weighted by Gasteiger charge is -2.07. The molecule has 0 unspecified atom stereocenters. The molecule has 3 aromatic rings. The number of anilines is 2. The second-order valence-corrected chi connectivity index (χ2v) is 4.47. The lowest BCUT2D eigenvalue weighted by Crippen LogP contribution is -1.97. The molecule has 4 rings (SSSR count). The first-order valence-electron chi connectivity index (χ1n) is 5.83. The molecule has 0 bridgehead atoms. The van der Waals surface area contributed by atoms with Gasteiger partial charge in [0.25, 0.3) is 0 Å². The van der Waals surface area contributed by atoms with Gasteiger partial charge in [0, 0.05) is 11.8 Å². The van der Waals surface area contributed by atoms with E-state index >= 15 is 0 Å². The molecule has 2 aromatic heterocycles. The minimum absolute atomic E-state index is 0.132. The Bertz CT molecular complexity index is 804. The number of aromatic nitrogens is 4. The number of benzene rings is 1. The van der Waals surface area contributed by atoms with Crippen LogP contribution in [-0.4, -0.2) is 26.7 Å². The third-order valence-electron chi connectivity index (χ3n) is 2.89. The number of imidazole rings is 1. The van der Waals surface area contributed by atoms with E-state index in [-0.39, 0.29) is 12.1 Å². The second-order valence-electron chi connectivity index (χ2n) is 4.14. The van der Waals surface area contributed by atoms with Crippen molar-refractivity contribution in [2.75, 3.05) is 12.1 Å². The summed E-state index contributed by atoms with van der Waals surface area (Å²) in [5.41, 5.74) is 2.00. The maximum absolute atomic E-state index is 5.88. The number of fused-ring (bicyclic) bond motifs is 2. The summed E-state index contributed by atoms with van der Waals surface area (Å²) in [5.74, 6) is 1.97. The van der Waals surface area contributed by atoms with Crippen LogP contribution < -0.4 is 14.8 Å². The molecule has 1 aromatic carbocycles. The van der Waals surface area contributed by atoms with E-state index in [9.17, 15) is 0 Å². The molecule has 1 aliphatic rings. The number of nitrogens with zero attached hydrogens (tertiary/aromatic N) is 3. The molecule has 1 aliphatic heterocycles. The van der Waals surface area contributed by atoms with Crippen LogP contribution in [0.3, 0.4) is 0 Å². The fourth-order valence-corrected chi connectivity index (χ4v) is 2.17. The highest BCUT2D eigenvalue weighted by molar-refractivity contribution is 6.28. The van der Waals surface area contributed by atoms with E-state index in [4.69, 9.17) is 21.1 Å². The SMILES string of the molecule is Clc1nc(Nc2ccc3c(c2)OCO3)c2[nH]cnc2n1. The van der Waals surface area contributed by atoms with Crippen LogP contribution in [-0.2, 0) is 0 Å². The first-order valence-corrected chi connectivity index (χ1v) is 6.21. The normalized spacial score (nSPS) is 12.8. The van der Waals surface area contributed by atoms with E-state index in [1.807, 2.05) is 18.2 Å². The molecule has 0 saturated heterocycles. The lowest BCUT2D eigenvalue weighted by atomic mass is 10.2. The molecule has 0 aliphatic carbocycles. The summed E-state index contributed by atoms with van der Waals surface area (Å²) in [6, 6.07) is 5.53. The van der Waals surface area contributed by atoms with Crippen molar-refractivity contribution in [3.05, 3.63) is 29.8 Å². The maximum atomic E-state index is 5.88. The van der Waals surface area contributed by atoms with Gasteiger partial charge in [-0.2, -0.15) is 9.97 Å². The average Bonchev–Trinajstić information content (AvgIpc) is 3.05. The maximum Gasteiger partial charge on any atom is 0.231 e. The number of H-pyrrole nitrogens is 1. The molecule has 0 amide bonds. The molecular weight excluding hydrogens is 282 g/mol. The summed E-state index contributed by atoms with van der Waals surface area (Å²) >= 11 is 5.88. The summed E-state index contributed by atoms with van der Waals surface area (Å²) in [7, 11) is 0. The van der Waals surface area contributed by atoms with Crippen LogP contribution in [0.2, 0.25) is 5.28 Å². The van der Waals surface area contributed by atoms with Gasteiger partial charge in [0.2, 0.25) is 12.1 Å². The third-order valence-corrected chi connectivity index (χ3v) is 3.06. The number of hydrogen-bond acceptors (Lipinski definition) is 6. The highest BCUT2D eigenvalue weighted by Crippen LogP contribution is 2.35. The van der Waals surface area contributed by atoms with Gasteiger partial charge in [-0.15, -0.1) is 0 Å². The number of nitrogens with one attached hydrogen (secondary N) is 2. The van der Waals surface area contributed by atoms with Crippen LogP contribution in [0.25, 0.3) is 11.2 Å². The third kappa shape index (κ3) is 1.79. The molecule has 0 fully saturated rings. The van der Waals surface area contributed by atoms with Gasteiger partial charge in [0.15, 0.2) is 23.0 Å². The van der Waals surface area contributed by atoms with Crippen molar-refractivity contribution in [3.63, 3.8) is 0 Å². The molecule has 20 heavy (non-hydrogen) atoms. The van der Waals surface area contributed by atoms with Crippen LogP contribution in [0.1, 0.15) is 0 Å². The standard InChI is InChI=1S/C12H8ClN5O2/c13-12-17-10-9(14-4-15-10)11(18-12)16-6-1-2-7-8(3-6)20-5-19-7/h1-4H,5H2,(H2,14,15,16,17,18). The zero-order valence-corrected chi connectivity index (χ0v) is 10.8. The predicted molar refractivity (Wildman–Crippen MR) is 72.5 cm³/mol. The minimum atomic E-state index is 0.132. The van der Waals surface area contributed by atoms with Crippen molar-refractivity contribution in [1.82, 2.24) is 19.9 Å². The Balaban J connectivity index is 1.75. The summed E-state index contributed by atoms with van der Waals surface area (Å²) in [6.45, 7) is 0.239. The van der Waals surface area contributed by atoms with Crippen molar-refractivity contribution in [3.8, 4) is 11.5 Å². The smallest absolute Gasteiger partial charge is 0.231 e. The Morgan fingerprint density at radius 2 is 2.10 bits per heavy atom. The van der Waals surface area contributed by atoms with Crippen molar-refractivity contribution in [1.29, 1.82) is 0 Å². The molecular formula is C12H8ClN5O2. The molecule has 0 spiro atoms. The fourth-order valence-electron chi connectivity index (χ4n) is 2.01. The Hall–Kier alpha value is -2.54. The monoisotopic (exact) mass is 289 g/mol. The quantitative estimate of drug-likeness (QED) is 0.705. The van der Waals surface area contributed by atoms with Crippen molar-refractivity contribution in [2.45, 2.75) is 0 Å². The van der Waals surface area contributed by atoms with E-state index in [2.05, 4.69) is 25.3 Å². The van der Waals surface area contributed by atoms with Gasteiger partial charge in [-0.05, 0) is 23.7 Å². The number of hydrogen-bond donors (Lipinski definition) is 2. The molecule has 0 atom stereocenters. The molecule has 3 heterocycles. The van der Waals surface area contributed by atoms with Gasteiger partial charge in [-0.3, -0.25) is 0 Å². The predicted octanol–water partition coefficient (Wildman–Crippen LogP) is 2.48. The van der Waals surface area contributed by atoms with Crippen LogP contribution in [0.4, 0.5) is 11.5 Å². The summed E-state index contributed by atoms with van der Waals surface area (Å²) in [4.78, 5) is 15.2. The molecule has 2 N–H and O–H groups in total. The van der Waals surface area contributed by atoms with Gasteiger partial charge in [-0.1, -0.05) is 0 Å². The Morgan fingerprint density at radius 1 is 1.20 bits per heavy atom. The number of ether oxygens (including phenoxy) is 2. The molecule has 100 valence electrons. The largest absolute Gasteiger partial charge is 0.454 e. The van der Waals surface area contributed by atoms with Gasteiger partial charge in [0.05, 0.1) is 6.33 Å². The van der Waals surface area contributed by atoms with Gasteiger partial charge < -0.3 is 19.8 Å². The lowest BCUT2D eigenvalue weighted by molar-refractivity contribution is 0.174. The van der Waals surface area contributed by atoms with E-state index in [0.29, 0.717) is 22.7 Å². The second kappa shape index (κ2) is 4.24. The van der Waals surface area contributed by atoms with Crippen LogP contribution in [0, 0.1) is 0 Å². The van der Waals surface area contributed by atoms with E-state index in [1.165, 1.54) is 0 Å². The first kappa shape index (κ1) is 11.3. The number of rotatable bonds is 2.